The quantitative estimate of drug-likeness (QED) is 0.661. The predicted octanol–water partition coefficient (Wildman–Crippen LogP) is 2.71. The number of carbonyl (C=O) groups is 1. The number of anilines is 1. The van der Waals surface area contributed by atoms with Crippen LogP contribution in [-0.2, 0) is 10.0 Å². The fourth-order valence-electron chi connectivity index (χ4n) is 2.97. The number of halogens is 1. The summed E-state index contributed by atoms with van der Waals surface area (Å²) in [6.07, 6.45) is 0.256. The molecule has 150 valence electrons. The summed E-state index contributed by atoms with van der Waals surface area (Å²) in [6, 6.07) is 8.97. The molecule has 1 aliphatic carbocycles. The Bertz CT molecular complexity index is 983. The minimum absolute atomic E-state index is 0.0595. The normalized spacial score (nSPS) is 19.0. The highest BCUT2D eigenvalue weighted by molar-refractivity contribution is 7.89. The van der Waals surface area contributed by atoms with Gasteiger partial charge < -0.3 is 15.2 Å². The standard InChI is InChI=1S/C19H21ClN2O5S/c1-11-4-3-5-16(20)18(11)21-19(24)15-10-14(6-7-17(15)27-2)28(25,26)22-12-8-13(23)9-12/h3-7,10,12-13,22-23H,8-9H2,1-2H3,(H,21,24)/t12-,13+. The Balaban J connectivity index is 1.89. The van der Waals surface area contributed by atoms with E-state index in [2.05, 4.69) is 10.0 Å². The lowest BCUT2D eigenvalue weighted by molar-refractivity contribution is 0.0712. The highest BCUT2D eigenvalue weighted by Crippen LogP contribution is 2.29. The molecule has 0 unspecified atom stereocenters. The van der Waals surface area contributed by atoms with Crippen LogP contribution in [0.2, 0.25) is 5.02 Å². The Morgan fingerprint density at radius 3 is 2.57 bits per heavy atom. The Labute approximate surface area is 168 Å². The minimum Gasteiger partial charge on any atom is -0.496 e. The summed E-state index contributed by atoms with van der Waals surface area (Å²) in [4.78, 5) is 12.8. The van der Waals surface area contributed by atoms with Crippen LogP contribution in [0.4, 0.5) is 5.69 Å². The molecule has 1 saturated carbocycles. The maximum absolute atomic E-state index is 12.8. The van der Waals surface area contributed by atoms with Crippen molar-refractivity contribution in [3.8, 4) is 5.75 Å². The summed E-state index contributed by atoms with van der Waals surface area (Å²) >= 11 is 6.16. The van der Waals surface area contributed by atoms with Crippen LogP contribution < -0.4 is 14.8 Å². The van der Waals surface area contributed by atoms with Gasteiger partial charge in [-0.25, -0.2) is 13.1 Å². The van der Waals surface area contributed by atoms with E-state index in [-0.39, 0.29) is 22.3 Å². The topological polar surface area (TPSA) is 105 Å². The fraction of sp³-hybridized carbons (Fsp3) is 0.316. The van der Waals surface area contributed by atoms with Crippen molar-refractivity contribution in [3.63, 3.8) is 0 Å². The van der Waals surface area contributed by atoms with E-state index in [4.69, 9.17) is 16.3 Å². The van der Waals surface area contributed by atoms with Gasteiger partial charge >= 0.3 is 0 Å². The molecule has 0 spiro atoms. The van der Waals surface area contributed by atoms with E-state index < -0.39 is 22.0 Å². The Hall–Kier alpha value is -2.13. The summed E-state index contributed by atoms with van der Waals surface area (Å²) in [7, 11) is -2.44. The van der Waals surface area contributed by atoms with Crippen LogP contribution in [0, 0.1) is 6.92 Å². The molecular formula is C19H21ClN2O5S. The highest BCUT2D eigenvalue weighted by atomic mass is 35.5. The molecule has 0 atom stereocenters. The monoisotopic (exact) mass is 424 g/mol. The molecule has 28 heavy (non-hydrogen) atoms. The van der Waals surface area contributed by atoms with Crippen molar-refractivity contribution in [3.05, 3.63) is 52.5 Å². The van der Waals surface area contributed by atoms with Crippen molar-refractivity contribution < 1.29 is 23.1 Å². The third kappa shape index (κ3) is 4.30. The van der Waals surface area contributed by atoms with E-state index in [1.807, 2.05) is 0 Å². The van der Waals surface area contributed by atoms with E-state index in [9.17, 15) is 18.3 Å². The van der Waals surface area contributed by atoms with E-state index in [1.165, 1.54) is 25.3 Å². The number of rotatable bonds is 6. The van der Waals surface area contributed by atoms with Gasteiger partial charge in [0.25, 0.3) is 5.91 Å². The molecule has 0 aromatic heterocycles. The number of carbonyl (C=O) groups excluding carboxylic acids is 1. The molecule has 0 aliphatic heterocycles. The molecule has 3 rings (SSSR count). The Morgan fingerprint density at radius 2 is 1.96 bits per heavy atom. The van der Waals surface area contributed by atoms with Gasteiger partial charge in [0.1, 0.15) is 5.75 Å². The number of hydrogen-bond acceptors (Lipinski definition) is 5. The van der Waals surface area contributed by atoms with Crippen molar-refractivity contribution in [1.29, 1.82) is 0 Å². The second-order valence-corrected chi connectivity index (χ2v) is 8.81. The molecule has 1 aliphatic rings. The average molecular weight is 425 g/mol. The number of amides is 1. The van der Waals surface area contributed by atoms with E-state index in [0.29, 0.717) is 23.6 Å². The van der Waals surface area contributed by atoms with Gasteiger partial charge in [-0.15, -0.1) is 0 Å². The largest absolute Gasteiger partial charge is 0.496 e. The van der Waals surface area contributed by atoms with Crippen LogP contribution >= 0.6 is 11.6 Å². The van der Waals surface area contributed by atoms with Crippen LogP contribution in [0.5, 0.6) is 5.75 Å². The smallest absolute Gasteiger partial charge is 0.259 e. The molecule has 0 heterocycles. The van der Waals surface area contributed by atoms with Crippen LogP contribution in [-0.4, -0.2) is 38.7 Å². The van der Waals surface area contributed by atoms with Crippen molar-refractivity contribution in [1.82, 2.24) is 4.72 Å². The lowest BCUT2D eigenvalue weighted by Crippen LogP contribution is -2.46. The van der Waals surface area contributed by atoms with Crippen LogP contribution in [0.25, 0.3) is 0 Å². The Kier molecular flexibility index (Phi) is 5.95. The zero-order valence-electron chi connectivity index (χ0n) is 15.4. The number of nitrogens with one attached hydrogen (secondary N) is 2. The van der Waals surface area contributed by atoms with Gasteiger partial charge in [-0.05, 0) is 49.6 Å². The first-order valence-electron chi connectivity index (χ1n) is 8.66. The molecular weight excluding hydrogens is 404 g/mol. The number of aliphatic hydroxyl groups is 1. The third-order valence-electron chi connectivity index (χ3n) is 4.62. The van der Waals surface area contributed by atoms with Crippen molar-refractivity contribution in [2.45, 2.75) is 36.8 Å². The van der Waals surface area contributed by atoms with E-state index >= 15 is 0 Å². The summed E-state index contributed by atoms with van der Waals surface area (Å²) in [6.45, 7) is 1.80. The van der Waals surface area contributed by atoms with Gasteiger partial charge in [0, 0.05) is 6.04 Å². The molecule has 0 saturated heterocycles. The van der Waals surface area contributed by atoms with Crippen molar-refractivity contribution >= 4 is 33.2 Å². The van der Waals surface area contributed by atoms with Crippen LogP contribution in [0.1, 0.15) is 28.8 Å². The molecule has 1 fully saturated rings. The number of aliphatic hydroxyl groups excluding tert-OH is 1. The number of methoxy groups -OCH3 is 1. The average Bonchev–Trinajstić information content (AvgIpc) is 2.62. The molecule has 0 bridgehead atoms. The predicted molar refractivity (Wildman–Crippen MR) is 106 cm³/mol. The number of hydrogen-bond donors (Lipinski definition) is 3. The first-order chi connectivity index (χ1) is 13.2. The summed E-state index contributed by atoms with van der Waals surface area (Å²) in [5, 5.41) is 12.4. The summed E-state index contributed by atoms with van der Waals surface area (Å²) in [5.41, 5.74) is 1.29. The third-order valence-corrected chi connectivity index (χ3v) is 6.45. The van der Waals surface area contributed by atoms with Crippen LogP contribution in [0.3, 0.4) is 0 Å². The molecule has 1 amide bonds. The zero-order chi connectivity index (χ0) is 20.5. The maximum Gasteiger partial charge on any atom is 0.259 e. The molecule has 3 N–H and O–H groups in total. The maximum atomic E-state index is 12.8. The first-order valence-corrected chi connectivity index (χ1v) is 10.5. The lowest BCUT2D eigenvalue weighted by Gasteiger charge is -2.31. The van der Waals surface area contributed by atoms with Gasteiger partial charge in [-0.1, -0.05) is 23.7 Å². The van der Waals surface area contributed by atoms with Gasteiger partial charge in [0.15, 0.2) is 0 Å². The van der Waals surface area contributed by atoms with Gasteiger partial charge in [0.05, 0.1) is 34.4 Å². The molecule has 7 nitrogen and oxygen atoms in total. The van der Waals surface area contributed by atoms with Gasteiger partial charge in [-0.2, -0.15) is 0 Å². The fourth-order valence-corrected chi connectivity index (χ4v) is 4.53. The molecule has 2 aromatic rings. The molecule has 9 heteroatoms. The summed E-state index contributed by atoms with van der Waals surface area (Å²) < 4.78 is 32.9. The first kappa shape index (κ1) is 20.6. The zero-order valence-corrected chi connectivity index (χ0v) is 17.0. The van der Waals surface area contributed by atoms with E-state index in [0.717, 1.165) is 5.56 Å². The number of benzene rings is 2. The molecule has 0 radical (unpaired) electrons. The second-order valence-electron chi connectivity index (χ2n) is 6.69. The number of ether oxygens (including phenoxy) is 1. The van der Waals surface area contributed by atoms with Crippen molar-refractivity contribution in [2.24, 2.45) is 0 Å². The number of aryl methyl sites for hydroxylation is 1. The molecule has 2 aromatic carbocycles. The summed E-state index contributed by atoms with van der Waals surface area (Å²) in [5.74, 6) is -0.301. The lowest BCUT2D eigenvalue weighted by atomic mass is 9.91. The second kappa shape index (κ2) is 8.08. The van der Waals surface area contributed by atoms with Gasteiger partial charge in [-0.3, -0.25) is 4.79 Å². The highest BCUT2D eigenvalue weighted by Gasteiger charge is 2.31. The van der Waals surface area contributed by atoms with Crippen LogP contribution in [0.15, 0.2) is 41.3 Å². The number of sulfonamides is 1. The van der Waals surface area contributed by atoms with Crippen molar-refractivity contribution in [2.75, 3.05) is 12.4 Å². The Morgan fingerprint density at radius 1 is 1.25 bits per heavy atom. The van der Waals surface area contributed by atoms with E-state index in [1.54, 1.807) is 25.1 Å². The minimum atomic E-state index is -3.84. The van der Waals surface area contributed by atoms with Gasteiger partial charge in [0.2, 0.25) is 10.0 Å². The number of para-hydroxylation sites is 1. The SMILES string of the molecule is COc1ccc(S(=O)(=O)N[C@H]2C[C@@H](O)C2)cc1C(=O)Nc1c(C)cccc1Cl.